The van der Waals surface area contributed by atoms with E-state index in [-0.39, 0.29) is 12.0 Å². The molecule has 1 aromatic carbocycles. The Morgan fingerprint density at radius 3 is 2.77 bits per heavy atom. The molecular formula is C19H24N4O2S. The van der Waals surface area contributed by atoms with Crippen molar-refractivity contribution < 1.29 is 9.53 Å². The average molecular weight is 372 g/mol. The molecule has 26 heavy (non-hydrogen) atoms. The van der Waals surface area contributed by atoms with Crippen LogP contribution in [0.2, 0.25) is 0 Å². The number of nitrogens with one attached hydrogen (secondary N) is 1. The second kappa shape index (κ2) is 8.40. The molecule has 7 heteroatoms. The van der Waals surface area contributed by atoms with Crippen molar-refractivity contribution in [3.8, 4) is 0 Å². The summed E-state index contributed by atoms with van der Waals surface area (Å²) in [7, 11) is 0. The van der Waals surface area contributed by atoms with E-state index >= 15 is 0 Å². The third-order valence-corrected chi connectivity index (χ3v) is 4.89. The summed E-state index contributed by atoms with van der Waals surface area (Å²) >= 11 is 1.58. The molecule has 0 fully saturated rings. The first-order valence-corrected chi connectivity index (χ1v) is 9.93. The summed E-state index contributed by atoms with van der Waals surface area (Å²) in [5.41, 5.74) is 2.32. The van der Waals surface area contributed by atoms with Crippen LogP contribution in [0.5, 0.6) is 0 Å². The quantitative estimate of drug-likeness (QED) is 0.450. The van der Waals surface area contributed by atoms with Gasteiger partial charge in [0.25, 0.3) is 0 Å². The number of allylic oxidation sites excluding steroid dienone is 1. The molecule has 0 amide bonds. The normalized spacial score (nSPS) is 16.2. The van der Waals surface area contributed by atoms with Gasteiger partial charge in [0.15, 0.2) is 0 Å². The van der Waals surface area contributed by atoms with Crippen LogP contribution in [0.1, 0.15) is 45.2 Å². The fraction of sp³-hybridized carbons (Fsp3) is 0.421. The van der Waals surface area contributed by atoms with Crippen molar-refractivity contribution >= 4 is 23.7 Å². The Labute approximate surface area is 158 Å². The van der Waals surface area contributed by atoms with Crippen LogP contribution in [-0.4, -0.2) is 33.1 Å². The van der Waals surface area contributed by atoms with E-state index in [1.807, 2.05) is 37.3 Å². The molecule has 0 saturated heterocycles. The van der Waals surface area contributed by atoms with Gasteiger partial charge in [-0.05, 0) is 24.7 Å². The number of ether oxygens (including phenoxy) is 1. The number of anilines is 1. The number of fused-ring (bicyclic) bond motifs is 1. The molecule has 6 nitrogen and oxygen atoms in total. The topological polar surface area (TPSA) is 69.0 Å². The third-order valence-electron chi connectivity index (χ3n) is 4.17. The van der Waals surface area contributed by atoms with Crippen molar-refractivity contribution in [2.45, 2.75) is 44.8 Å². The minimum absolute atomic E-state index is 0.303. The van der Waals surface area contributed by atoms with E-state index in [9.17, 15) is 4.79 Å². The average Bonchev–Trinajstić information content (AvgIpc) is 3.03. The van der Waals surface area contributed by atoms with Crippen molar-refractivity contribution in [3.05, 3.63) is 47.2 Å². The van der Waals surface area contributed by atoms with Crippen LogP contribution < -0.4 is 5.32 Å². The van der Waals surface area contributed by atoms with Gasteiger partial charge in [0.1, 0.15) is 6.04 Å². The van der Waals surface area contributed by atoms with Gasteiger partial charge >= 0.3 is 5.97 Å². The number of aromatic nitrogens is 3. The molecule has 0 spiro atoms. The first-order valence-electron chi connectivity index (χ1n) is 8.94. The van der Waals surface area contributed by atoms with Gasteiger partial charge in [-0.25, -0.2) is 9.48 Å². The van der Waals surface area contributed by atoms with E-state index in [1.54, 1.807) is 16.4 Å². The molecule has 1 unspecified atom stereocenters. The van der Waals surface area contributed by atoms with Crippen molar-refractivity contribution in [1.29, 1.82) is 0 Å². The van der Waals surface area contributed by atoms with Crippen LogP contribution in [0, 0.1) is 0 Å². The fourth-order valence-electron chi connectivity index (χ4n) is 2.92. The number of hydrogen-bond donors (Lipinski definition) is 1. The van der Waals surface area contributed by atoms with Crippen LogP contribution in [0.15, 0.2) is 46.8 Å². The van der Waals surface area contributed by atoms with Crippen LogP contribution in [0.25, 0.3) is 0 Å². The molecule has 0 bridgehead atoms. The Morgan fingerprint density at radius 2 is 2.08 bits per heavy atom. The van der Waals surface area contributed by atoms with Gasteiger partial charge in [0.05, 0.1) is 12.2 Å². The summed E-state index contributed by atoms with van der Waals surface area (Å²) in [5, 5.41) is 8.54. The lowest BCUT2D eigenvalue weighted by molar-refractivity contribution is -0.139. The minimum atomic E-state index is -0.347. The summed E-state index contributed by atoms with van der Waals surface area (Å²) in [6.07, 6.45) is 1.84. The molecule has 3 rings (SSSR count). The molecule has 1 aromatic heterocycles. The monoisotopic (exact) mass is 372 g/mol. The van der Waals surface area contributed by atoms with Crippen LogP contribution in [0.3, 0.4) is 0 Å². The summed E-state index contributed by atoms with van der Waals surface area (Å²) in [6, 6.07) is 9.54. The number of nitrogens with zero attached hydrogens (tertiary/aromatic N) is 3. The number of thioether (sulfide) groups is 1. The highest BCUT2D eigenvalue weighted by Crippen LogP contribution is 2.36. The Morgan fingerprint density at radius 1 is 1.31 bits per heavy atom. The summed E-state index contributed by atoms with van der Waals surface area (Å²) in [6.45, 7) is 6.45. The van der Waals surface area contributed by atoms with Gasteiger partial charge in [0.2, 0.25) is 11.1 Å². The summed E-state index contributed by atoms with van der Waals surface area (Å²) in [4.78, 5) is 17.4. The van der Waals surface area contributed by atoms with E-state index in [0.29, 0.717) is 23.3 Å². The maximum Gasteiger partial charge on any atom is 0.338 e. The second-order valence-electron chi connectivity index (χ2n) is 6.06. The van der Waals surface area contributed by atoms with Gasteiger partial charge in [0, 0.05) is 5.70 Å². The van der Waals surface area contributed by atoms with E-state index in [2.05, 4.69) is 29.2 Å². The lowest BCUT2D eigenvalue weighted by Crippen LogP contribution is -2.29. The number of benzene rings is 1. The van der Waals surface area contributed by atoms with E-state index in [1.165, 1.54) is 0 Å². The molecule has 1 aliphatic rings. The van der Waals surface area contributed by atoms with Gasteiger partial charge in [-0.15, -0.1) is 5.10 Å². The third kappa shape index (κ3) is 3.77. The van der Waals surface area contributed by atoms with Gasteiger partial charge in [-0.2, -0.15) is 4.98 Å². The second-order valence-corrected chi connectivity index (χ2v) is 7.29. The smallest absolute Gasteiger partial charge is 0.338 e. The van der Waals surface area contributed by atoms with E-state index < -0.39 is 0 Å². The highest BCUT2D eigenvalue weighted by Gasteiger charge is 2.35. The highest BCUT2D eigenvalue weighted by atomic mass is 32.2. The first kappa shape index (κ1) is 18.5. The molecule has 2 aromatic rings. The number of carbonyl (C=O) groups excluding carboxylic acids is 1. The predicted octanol–water partition coefficient (Wildman–Crippen LogP) is 4.02. The number of esters is 1. The Balaban J connectivity index is 2.01. The summed E-state index contributed by atoms with van der Waals surface area (Å²) in [5.74, 6) is 1.23. The van der Waals surface area contributed by atoms with Gasteiger partial charge < -0.3 is 10.1 Å². The zero-order chi connectivity index (χ0) is 18.5. The first-order chi connectivity index (χ1) is 12.7. The number of unbranched alkanes of at least 4 members (excludes halogenated alkanes) is 1. The lowest BCUT2D eigenvalue weighted by Gasteiger charge is -2.28. The highest BCUT2D eigenvalue weighted by molar-refractivity contribution is 7.99. The molecule has 0 saturated carbocycles. The van der Waals surface area contributed by atoms with Gasteiger partial charge in [-0.3, -0.25) is 0 Å². The van der Waals surface area contributed by atoms with Crippen LogP contribution >= 0.6 is 11.8 Å². The number of hydrogen-bond acceptors (Lipinski definition) is 6. The van der Waals surface area contributed by atoms with Gasteiger partial charge in [-0.1, -0.05) is 62.4 Å². The molecule has 1 atom stereocenters. The molecule has 0 aliphatic carbocycles. The minimum Gasteiger partial charge on any atom is -0.462 e. The largest absolute Gasteiger partial charge is 0.462 e. The Hall–Kier alpha value is -2.28. The fourth-order valence-corrected chi connectivity index (χ4v) is 3.47. The molecule has 0 radical (unpaired) electrons. The predicted molar refractivity (Wildman–Crippen MR) is 103 cm³/mol. The van der Waals surface area contributed by atoms with E-state index in [0.717, 1.165) is 29.9 Å². The Bertz CT molecular complexity index is 801. The van der Waals surface area contributed by atoms with Crippen LogP contribution in [0.4, 0.5) is 5.95 Å². The zero-order valence-corrected chi connectivity index (χ0v) is 16.2. The SMILES string of the molecule is CCCCOC(=O)C1=C(C)Nc2nc(SCC)nn2C1c1ccccc1. The summed E-state index contributed by atoms with van der Waals surface area (Å²) < 4.78 is 7.30. The molecule has 1 N–H and O–H groups in total. The standard InChI is InChI=1S/C19H24N4O2S/c1-4-6-12-25-17(24)15-13(3)20-18-21-19(26-5-2)22-23(18)16(15)14-10-8-7-9-11-14/h7-11,16H,4-6,12H2,1-3H3,(H,20,21,22). The maximum atomic E-state index is 12.8. The van der Waals surface area contributed by atoms with Crippen molar-refractivity contribution in [3.63, 3.8) is 0 Å². The Kier molecular flexibility index (Phi) is 5.98. The van der Waals surface area contributed by atoms with Crippen molar-refractivity contribution in [2.75, 3.05) is 17.7 Å². The zero-order valence-electron chi connectivity index (χ0n) is 15.4. The number of carbonyl (C=O) groups is 1. The van der Waals surface area contributed by atoms with Crippen molar-refractivity contribution in [1.82, 2.24) is 14.8 Å². The molecular weight excluding hydrogens is 348 g/mol. The number of rotatable bonds is 7. The molecule has 1 aliphatic heterocycles. The molecule has 2 heterocycles. The van der Waals surface area contributed by atoms with E-state index in [4.69, 9.17) is 4.74 Å². The van der Waals surface area contributed by atoms with Crippen molar-refractivity contribution in [2.24, 2.45) is 0 Å². The lowest BCUT2D eigenvalue weighted by atomic mass is 9.96. The molecule has 138 valence electrons. The van der Waals surface area contributed by atoms with Crippen LogP contribution in [-0.2, 0) is 9.53 Å². The maximum absolute atomic E-state index is 12.8.